The standard InChI is InChI=1S/C5H5ClS.C2H6/c6-4-5-2-1-3-7-5;1-2/h1-3H,4H2;1-2H3. The lowest BCUT2D eigenvalue weighted by atomic mass is 10.5. The van der Waals surface area contributed by atoms with Gasteiger partial charge in [0.25, 0.3) is 0 Å². The molecule has 0 amide bonds. The van der Waals surface area contributed by atoms with Gasteiger partial charge in [-0.05, 0) is 11.4 Å². The molecule has 0 saturated heterocycles. The molecule has 1 rings (SSSR count). The Bertz CT molecular complexity index is 123. The molecule has 0 N–H and O–H groups in total. The molecule has 2 heteroatoms. The molecule has 1 aromatic heterocycles. The second-order valence-electron chi connectivity index (χ2n) is 1.21. The fourth-order valence-electron chi connectivity index (χ4n) is 0.389. The summed E-state index contributed by atoms with van der Waals surface area (Å²) in [5.74, 6) is 0.650. The van der Waals surface area contributed by atoms with Gasteiger partial charge in [-0.1, -0.05) is 19.9 Å². The van der Waals surface area contributed by atoms with Crippen LogP contribution in [0.3, 0.4) is 0 Å². The van der Waals surface area contributed by atoms with Crippen LogP contribution in [0.15, 0.2) is 17.5 Å². The zero-order chi connectivity index (χ0) is 7.11. The normalized spacial score (nSPS) is 7.89. The molecule has 1 heterocycles. The predicted octanol–water partition coefficient (Wildman–Crippen LogP) is 3.51. The van der Waals surface area contributed by atoms with Gasteiger partial charge in [0.2, 0.25) is 0 Å². The third kappa shape index (κ3) is 3.55. The van der Waals surface area contributed by atoms with E-state index in [1.165, 1.54) is 4.88 Å². The molecule has 52 valence electrons. The van der Waals surface area contributed by atoms with E-state index in [2.05, 4.69) is 0 Å². The van der Waals surface area contributed by atoms with E-state index >= 15 is 0 Å². The minimum atomic E-state index is 0.650. The molecule has 0 nitrogen and oxygen atoms in total. The molecule has 0 aromatic carbocycles. The molecule has 0 spiro atoms. The third-order valence-corrected chi connectivity index (χ3v) is 2.03. The molecule has 0 aliphatic rings. The van der Waals surface area contributed by atoms with Gasteiger partial charge in [-0.3, -0.25) is 0 Å². The lowest BCUT2D eigenvalue weighted by Crippen LogP contribution is -1.58. The zero-order valence-corrected chi connectivity index (χ0v) is 7.30. The summed E-state index contributed by atoms with van der Waals surface area (Å²) in [6.45, 7) is 4.00. The van der Waals surface area contributed by atoms with E-state index in [9.17, 15) is 0 Å². The van der Waals surface area contributed by atoms with Gasteiger partial charge in [0, 0.05) is 4.88 Å². The van der Waals surface area contributed by atoms with Gasteiger partial charge >= 0.3 is 0 Å². The SMILES string of the molecule is CC.ClCc1cccs1. The van der Waals surface area contributed by atoms with Crippen LogP contribution in [0.25, 0.3) is 0 Å². The van der Waals surface area contributed by atoms with Crippen LogP contribution in [0.5, 0.6) is 0 Å². The number of rotatable bonds is 1. The molecule has 0 fully saturated rings. The lowest BCUT2D eigenvalue weighted by Gasteiger charge is -1.76. The lowest BCUT2D eigenvalue weighted by molar-refractivity contribution is 1.50. The van der Waals surface area contributed by atoms with E-state index in [0.29, 0.717) is 5.88 Å². The van der Waals surface area contributed by atoms with E-state index in [1.54, 1.807) is 11.3 Å². The first-order chi connectivity index (χ1) is 4.43. The second kappa shape index (κ2) is 6.12. The van der Waals surface area contributed by atoms with Crippen LogP contribution in [0, 0.1) is 0 Å². The Kier molecular flexibility index (Phi) is 6.11. The van der Waals surface area contributed by atoms with Crippen molar-refractivity contribution >= 4 is 22.9 Å². The first-order valence-electron chi connectivity index (χ1n) is 3.02. The van der Waals surface area contributed by atoms with Crippen LogP contribution in [0.1, 0.15) is 18.7 Å². The van der Waals surface area contributed by atoms with Crippen LogP contribution < -0.4 is 0 Å². The van der Waals surface area contributed by atoms with Crippen molar-refractivity contribution in [3.05, 3.63) is 22.4 Å². The van der Waals surface area contributed by atoms with E-state index in [-0.39, 0.29) is 0 Å². The largest absolute Gasteiger partial charge is 0.148 e. The van der Waals surface area contributed by atoms with E-state index in [4.69, 9.17) is 11.6 Å². The smallest absolute Gasteiger partial charge is 0.0568 e. The number of halogens is 1. The Morgan fingerprint density at radius 3 is 2.44 bits per heavy atom. The van der Waals surface area contributed by atoms with Gasteiger partial charge in [0.15, 0.2) is 0 Å². The van der Waals surface area contributed by atoms with Crippen molar-refractivity contribution in [3.63, 3.8) is 0 Å². The molecule has 1 aromatic rings. The minimum absolute atomic E-state index is 0.650. The van der Waals surface area contributed by atoms with Crippen molar-refractivity contribution in [1.82, 2.24) is 0 Å². The molecule has 0 atom stereocenters. The molecule has 0 aliphatic heterocycles. The summed E-state index contributed by atoms with van der Waals surface area (Å²) in [6.07, 6.45) is 0. The van der Waals surface area contributed by atoms with Gasteiger partial charge in [-0.25, -0.2) is 0 Å². The Labute approximate surface area is 65.5 Å². The summed E-state index contributed by atoms with van der Waals surface area (Å²) in [4.78, 5) is 1.24. The molecule has 9 heavy (non-hydrogen) atoms. The molecule has 0 radical (unpaired) electrons. The molecular weight excluding hydrogens is 152 g/mol. The Morgan fingerprint density at radius 2 is 2.22 bits per heavy atom. The quantitative estimate of drug-likeness (QED) is 0.555. The molecular formula is C7H11ClS. The maximum atomic E-state index is 5.48. The highest BCUT2D eigenvalue weighted by atomic mass is 35.5. The average Bonchev–Trinajstić information content (AvgIpc) is 2.43. The summed E-state index contributed by atoms with van der Waals surface area (Å²) in [5, 5.41) is 2.03. The summed E-state index contributed by atoms with van der Waals surface area (Å²) >= 11 is 7.17. The Hall–Kier alpha value is -0.0100. The van der Waals surface area contributed by atoms with Gasteiger partial charge in [0.1, 0.15) is 0 Å². The molecule has 0 bridgehead atoms. The second-order valence-corrected chi connectivity index (χ2v) is 2.51. The van der Waals surface area contributed by atoms with Crippen LogP contribution in [0.4, 0.5) is 0 Å². The van der Waals surface area contributed by atoms with Crippen LogP contribution in [-0.4, -0.2) is 0 Å². The molecule has 0 unspecified atom stereocenters. The fourth-order valence-corrected chi connectivity index (χ4v) is 1.22. The van der Waals surface area contributed by atoms with Crippen molar-refractivity contribution in [2.24, 2.45) is 0 Å². The highest BCUT2D eigenvalue weighted by molar-refractivity contribution is 7.10. The van der Waals surface area contributed by atoms with Gasteiger partial charge < -0.3 is 0 Å². The minimum Gasteiger partial charge on any atom is -0.148 e. The van der Waals surface area contributed by atoms with Crippen LogP contribution >= 0.6 is 22.9 Å². The Balaban J connectivity index is 0.000000291. The summed E-state index contributed by atoms with van der Waals surface area (Å²) in [5.41, 5.74) is 0. The topological polar surface area (TPSA) is 0 Å². The zero-order valence-electron chi connectivity index (χ0n) is 5.73. The highest BCUT2D eigenvalue weighted by Crippen LogP contribution is 2.09. The van der Waals surface area contributed by atoms with Crippen molar-refractivity contribution in [2.75, 3.05) is 0 Å². The van der Waals surface area contributed by atoms with E-state index < -0.39 is 0 Å². The maximum Gasteiger partial charge on any atom is 0.0568 e. The van der Waals surface area contributed by atoms with Gasteiger partial charge in [-0.15, -0.1) is 22.9 Å². The highest BCUT2D eigenvalue weighted by Gasteiger charge is 1.84. The predicted molar refractivity (Wildman–Crippen MR) is 45.2 cm³/mol. The first kappa shape index (κ1) is 8.99. The van der Waals surface area contributed by atoms with E-state index in [0.717, 1.165) is 0 Å². The van der Waals surface area contributed by atoms with Gasteiger partial charge in [-0.2, -0.15) is 0 Å². The summed E-state index contributed by atoms with van der Waals surface area (Å²) in [6, 6.07) is 4.03. The van der Waals surface area contributed by atoms with Crippen molar-refractivity contribution < 1.29 is 0 Å². The van der Waals surface area contributed by atoms with E-state index in [1.807, 2.05) is 31.4 Å². The van der Waals surface area contributed by atoms with Crippen LogP contribution in [0.2, 0.25) is 0 Å². The van der Waals surface area contributed by atoms with Crippen molar-refractivity contribution in [2.45, 2.75) is 19.7 Å². The first-order valence-corrected chi connectivity index (χ1v) is 4.43. The number of hydrogen-bond donors (Lipinski definition) is 0. The molecule has 0 aliphatic carbocycles. The van der Waals surface area contributed by atoms with Gasteiger partial charge in [0.05, 0.1) is 5.88 Å². The summed E-state index contributed by atoms with van der Waals surface area (Å²) in [7, 11) is 0. The van der Waals surface area contributed by atoms with Crippen molar-refractivity contribution in [1.29, 1.82) is 0 Å². The third-order valence-electron chi connectivity index (χ3n) is 0.712. The number of hydrogen-bond acceptors (Lipinski definition) is 1. The van der Waals surface area contributed by atoms with Crippen molar-refractivity contribution in [3.8, 4) is 0 Å². The monoisotopic (exact) mass is 162 g/mol. The average molecular weight is 163 g/mol. The fraction of sp³-hybridized carbons (Fsp3) is 0.429. The number of thiophene rings is 1. The Morgan fingerprint density at radius 1 is 1.56 bits per heavy atom. The van der Waals surface area contributed by atoms with Crippen LogP contribution in [-0.2, 0) is 5.88 Å². The summed E-state index contributed by atoms with van der Waals surface area (Å²) < 4.78 is 0. The maximum absolute atomic E-state index is 5.48. The molecule has 0 saturated carbocycles. The number of alkyl halides is 1.